The standard InChI is InChI=1S/C15H17ClN4OS2/c1-10-4-5-11(8-12(10)16)17-14-18-19-15(23-14)22-9-13(21)20-6-2-3-7-20/h4-5,8H,2-3,6-7,9H2,1H3,(H,17,18). The molecule has 0 unspecified atom stereocenters. The second-order valence-electron chi connectivity index (χ2n) is 5.34. The Morgan fingerprint density at radius 2 is 2.17 bits per heavy atom. The number of hydrogen-bond acceptors (Lipinski definition) is 6. The number of nitrogens with zero attached hydrogens (tertiary/aromatic N) is 3. The molecule has 3 rings (SSSR count). The van der Waals surface area contributed by atoms with Crippen LogP contribution < -0.4 is 5.32 Å². The number of anilines is 2. The predicted molar refractivity (Wildman–Crippen MR) is 95.9 cm³/mol. The fourth-order valence-electron chi connectivity index (χ4n) is 2.29. The molecule has 1 saturated heterocycles. The van der Waals surface area contributed by atoms with Crippen molar-refractivity contribution in [3.05, 3.63) is 28.8 Å². The number of hydrogen-bond donors (Lipinski definition) is 1. The summed E-state index contributed by atoms with van der Waals surface area (Å²) in [7, 11) is 0. The number of benzene rings is 1. The van der Waals surface area contributed by atoms with Gasteiger partial charge in [0.2, 0.25) is 11.0 Å². The molecule has 0 radical (unpaired) electrons. The molecule has 0 spiro atoms. The lowest BCUT2D eigenvalue weighted by molar-refractivity contribution is -0.127. The van der Waals surface area contributed by atoms with Gasteiger partial charge in [-0.3, -0.25) is 4.79 Å². The van der Waals surface area contributed by atoms with Gasteiger partial charge in [0.1, 0.15) is 0 Å². The monoisotopic (exact) mass is 368 g/mol. The Morgan fingerprint density at radius 3 is 2.91 bits per heavy atom. The molecule has 1 aromatic carbocycles. The van der Waals surface area contributed by atoms with Crippen molar-refractivity contribution in [1.29, 1.82) is 0 Å². The molecule has 0 saturated carbocycles. The zero-order valence-corrected chi connectivity index (χ0v) is 15.1. The summed E-state index contributed by atoms with van der Waals surface area (Å²) in [6.45, 7) is 3.73. The summed E-state index contributed by atoms with van der Waals surface area (Å²) >= 11 is 8.99. The molecule has 1 N–H and O–H groups in total. The number of thioether (sulfide) groups is 1. The minimum Gasteiger partial charge on any atom is -0.342 e. The second kappa shape index (κ2) is 7.51. The lowest BCUT2D eigenvalue weighted by Crippen LogP contribution is -2.29. The molecule has 1 aliphatic rings. The third-order valence-corrected chi connectivity index (χ3v) is 5.97. The quantitative estimate of drug-likeness (QED) is 0.809. The Morgan fingerprint density at radius 1 is 1.39 bits per heavy atom. The van der Waals surface area contributed by atoms with Crippen LogP contribution in [0.5, 0.6) is 0 Å². The minimum absolute atomic E-state index is 0.183. The van der Waals surface area contributed by atoms with Gasteiger partial charge in [0.05, 0.1) is 5.75 Å². The summed E-state index contributed by atoms with van der Waals surface area (Å²) in [4.78, 5) is 13.9. The highest BCUT2D eigenvalue weighted by Crippen LogP contribution is 2.29. The maximum absolute atomic E-state index is 12.0. The van der Waals surface area contributed by atoms with E-state index in [1.54, 1.807) is 0 Å². The van der Waals surface area contributed by atoms with Crippen molar-refractivity contribution >= 4 is 51.4 Å². The van der Waals surface area contributed by atoms with Crippen molar-refractivity contribution in [2.75, 3.05) is 24.2 Å². The van der Waals surface area contributed by atoms with Gasteiger partial charge in [0.15, 0.2) is 4.34 Å². The number of likely N-dealkylation sites (tertiary alicyclic amines) is 1. The fraction of sp³-hybridized carbons (Fsp3) is 0.400. The van der Waals surface area contributed by atoms with Gasteiger partial charge in [0, 0.05) is 23.8 Å². The molecular weight excluding hydrogens is 352 g/mol. The van der Waals surface area contributed by atoms with Crippen LogP contribution in [0, 0.1) is 6.92 Å². The number of carbonyl (C=O) groups excluding carboxylic acids is 1. The average Bonchev–Trinajstić information content (AvgIpc) is 3.20. The van der Waals surface area contributed by atoms with Gasteiger partial charge in [-0.15, -0.1) is 10.2 Å². The summed E-state index contributed by atoms with van der Waals surface area (Å²) in [5.41, 5.74) is 1.91. The van der Waals surface area contributed by atoms with Crippen LogP contribution in [0.25, 0.3) is 0 Å². The first-order valence-corrected chi connectivity index (χ1v) is 9.57. The molecule has 1 fully saturated rings. The summed E-state index contributed by atoms with van der Waals surface area (Å²) in [5, 5.41) is 12.8. The molecule has 122 valence electrons. The molecule has 0 aliphatic carbocycles. The van der Waals surface area contributed by atoms with Crippen molar-refractivity contribution in [3.8, 4) is 0 Å². The molecule has 1 aliphatic heterocycles. The van der Waals surface area contributed by atoms with Crippen molar-refractivity contribution in [2.45, 2.75) is 24.1 Å². The third-order valence-electron chi connectivity index (χ3n) is 3.61. The van der Waals surface area contributed by atoms with Crippen LogP contribution in [0.2, 0.25) is 5.02 Å². The highest BCUT2D eigenvalue weighted by molar-refractivity contribution is 8.01. The number of aryl methyl sites for hydroxylation is 1. The molecule has 23 heavy (non-hydrogen) atoms. The fourth-order valence-corrected chi connectivity index (χ4v) is 4.15. The van der Waals surface area contributed by atoms with E-state index >= 15 is 0 Å². The summed E-state index contributed by atoms with van der Waals surface area (Å²) < 4.78 is 0.790. The smallest absolute Gasteiger partial charge is 0.233 e. The van der Waals surface area contributed by atoms with Crippen LogP contribution in [0.1, 0.15) is 18.4 Å². The van der Waals surface area contributed by atoms with Crippen molar-refractivity contribution in [2.24, 2.45) is 0 Å². The van der Waals surface area contributed by atoms with E-state index in [0.29, 0.717) is 15.9 Å². The molecule has 2 aromatic rings. The van der Waals surface area contributed by atoms with Crippen LogP contribution in [-0.4, -0.2) is 39.8 Å². The number of amides is 1. The summed E-state index contributed by atoms with van der Waals surface area (Å²) in [6, 6.07) is 5.77. The van der Waals surface area contributed by atoms with Crippen LogP contribution in [0.15, 0.2) is 22.5 Å². The van der Waals surface area contributed by atoms with Crippen LogP contribution in [0.3, 0.4) is 0 Å². The Balaban J connectivity index is 1.55. The molecule has 5 nitrogen and oxygen atoms in total. The average molecular weight is 369 g/mol. The number of rotatable bonds is 5. The van der Waals surface area contributed by atoms with Crippen LogP contribution in [-0.2, 0) is 4.79 Å². The lowest BCUT2D eigenvalue weighted by atomic mass is 10.2. The van der Waals surface area contributed by atoms with E-state index in [2.05, 4.69) is 15.5 Å². The summed E-state index contributed by atoms with van der Waals surface area (Å²) in [5.74, 6) is 0.605. The predicted octanol–water partition coefficient (Wildman–Crippen LogP) is 3.96. The Labute approximate surface area is 148 Å². The minimum atomic E-state index is 0.183. The van der Waals surface area contributed by atoms with Crippen molar-refractivity contribution in [3.63, 3.8) is 0 Å². The molecule has 2 heterocycles. The van der Waals surface area contributed by atoms with Gasteiger partial charge in [0.25, 0.3) is 0 Å². The zero-order valence-electron chi connectivity index (χ0n) is 12.7. The molecular formula is C15H17ClN4OS2. The van der Waals surface area contributed by atoms with E-state index in [9.17, 15) is 4.79 Å². The van der Waals surface area contributed by atoms with Gasteiger partial charge >= 0.3 is 0 Å². The number of halogens is 1. The maximum atomic E-state index is 12.0. The van der Waals surface area contributed by atoms with E-state index in [-0.39, 0.29) is 5.91 Å². The molecule has 1 aromatic heterocycles. The van der Waals surface area contributed by atoms with E-state index in [1.165, 1.54) is 23.1 Å². The zero-order chi connectivity index (χ0) is 16.2. The van der Waals surface area contributed by atoms with E-state index < -0.39 is 0 Å². The molecule has 0 atom stereocenters. The SMILES string of the molecule is Cc1ccc(Nc2nnc(SCC(=O)N3CCCC3)s2)cc1Cl. The van der Waals surface area contributed by atoms with Gasteiger partial charge in [-0.05, 0) is 37.5 Å². The first-order chi connectivity index (χ1) is 11.1. The third kappa shape index (κ3) is 4.37. The second-order valence-corrected chi connectivity index (χ2v) is 7.95. The Hall–Kier alpha value is -1.31. The normalized spacial score (nSPS) is 14.3. The van der Waals surface area contributed by atoms with Crippen LogP contribution >= 0.6 is 34.7 Å². The largest absolute Gasteiger partial charge is 0.342 e. The first kappa shape index (κ1) is 16.5. The lowest BCUT2D eigenvalue weighted by Gasteiger charge is -2.13. The first-order valence-electron chi connectivity index (χ1n) is 7.39. The van der Waals surface area contributed by atoms with Crippen molar-refractivity contribution < 1.29 is 4.79 Å². The van der Waals surface area contributed by atoms with Gasteiger partial charge in [-0.1, -0.05) is 40.8 Å². The Kier molecular flexibility index (Phi) is 5.40. The number of nitrogens with one attached hydrogen (secondary N) is 1. The van der Waals surface area contributed by atoms with E-state index in [1.807, 2.05) is 30.0 Å². The maximum Gasteiger partial charge on any atom is 0.233 e. The molecule has 0 bridgehead atoms. The van der Waals surface area contributed by atoms with Gasteiger partial charge in [-0.2, -0.15) is 0 Å². The Bertz CT molecular complexity index is 701. The molecule has 8 heteroatoms. The van der Waals surface area contributed by atoms with Crippen LogP contribution in [0.4, 0.5) is 10.8 Å². The topological polar surface area (TPSA) is 58.1 Å². The molecule has 1 amide bonds. The van der Waals surface area contributed by atoms with E-state index in [4.69, 9.17) is 11.6 Å². The highest BCUT2D eigenvalue weighted by atomic mass is 35.5. The number of carbonyl (C=O) groups is 1. The van der Waals surface area contributed by atoms with Gasteiger partial charge < -0.3 is 10.2 Å². The highest BCUT2D eigenvalue weighted by Gasteiger charge is 2.18. The van der Waals surface area contributed by atoms with Crippen molar-refractivity contribution in [1.82, 2.24) is 15.1 Å². The van der Waals surface area contributed by atoms with Gasteiger partial charge in [-0.25, -0.2) is 0 Å². The number of aromatic nitrogens is 2. The summed E-state index contributed by atoms with van der Waals surface area (Å²) in [6.07, 6.45) is 2.23. The van der Waals surface area contributed by atoms with E-state index in [0.717, 1.165) is 41.5 Å².